The van der Waals surface area contributed by atoms with E-state index in [4.69, 9.17) is 9.05 Å². The van der Waals surface area contributed by atoms with Gasteiger partial charge in [0.05, 0.1) is 19.4 Å². The van der Waals surface area contributed by atoms with Gasteiger partial charge in [-0.25, -0.2) is 0 Å². The third kappa shape index (κ3) is 11.5. The number of ketones is 1. The summed E-state index contributed by atoms with van der Waals surface area (Å²) in [6.07, 6.45) is 11.3. The molecule has 1 aromatic rings. The van der Waals surface area contributed by atoms with E-state index in [0.29, 0.717) is 25.8 Å². The van der Waals surface area contributed by atoms with Gasteiger partial charge >= 0.3 is 7.60 Å². The van der Waals surface area contributed by atoms with Gasteiger partial charge in [0.15, 0.2) is 5.78 Å². The molecule has 0 N–H and O–H groups in total. The molecular weight excluding hydrogens is 359 g/mol. The van der Waals surface area contributed by atoms with E-state index in [1.807, 2.05) is 44.2 Å². The van der Waals surface area contributed by atoms with Crippen molar-refractivity contribution < 1.29 is 18.4 Å². The first kappa shape index (κ1) is 24.1. The van der Waals surface area contributed by atoms with Crippen LogP contribution in [0.25, 0.3) is 0 Å². The van der Waals surface area contributed by atoms with Crippen molar-refractivity contribution in [2.45, 2.75) is 78.1 Å². The third-order valence-corrected chi connectivity index (χ3v) is 6.75. The Bertz CT molecular complexity index is 535. The molecule has 5 heteroatoms. The number of unbranched alkanes of at least 4 members (excludes halogenated alkanes) is 8. The first-order valence-electron chi connectivity index (χ1n) is 10.6. The van der Waals surface area contributed by atoms with Crippen LogP contribution in [0.15, 0.2) is 30.3 Å². The van der Waals surface area contributed by atoms with Gasteiger partial charge in [-0.1, -0.05) is 75.3 Å². The number of carbonyl (C=O) groups is 1. The lowest BCUT2D eigenvalue weighted by Gasteiger charge is -2.16. The van der Waals surface area contributed by atoms with Crippen LogP contribution in [-0.2, 0) is 13.6 Å². The van der Waals surface area contributed by atoms with Crippen molar-refractivity contribution in [1.29, 1.82) is 0 Å². The number of rotatable bonds is 17. The molecule has 0 fully saturated rings. The maximum atomic E-state index is 12.3. The largest absolute Gasteiger partial charge is 0.330 e. The molecule has 0 heterocycles. The smallest absolute Gasteiger partial charge is 0.309 e. The molecule has 0 aromatic heterocycles. The fraction of sp³-hybridized carbons (Fsp3) is 0.682. The van der Waals surface area contributed by atoms with Crippen LogP contribution in [0, 0.1) is 0 Å². The fourth-order valence-electron chi connectivity index (χ4n) is 3.16. The average Bonchev–Trinajstić information content (AvgIpc) is 2.67. The molecule has 1 aromatic carbocycles. The van der Waals surface area contributed by atoms with E-state index in [-0.39, 0.29) is 5.78 Å². The highest BCUT2D eigenvalue weighted by Crippen LogP contribution is 2.48. The summed E-state index contributed by atoms with van der Waals surface area (Å²) in [5.41, 5.74) is 0.829. The highest BCUT2D eigenvalue weighted by atomic mass is 31.2. The highest BCUT2D eigenvalue weighted by Gasteiger charge is 2.22. The molecule has 0 aliphatic carbocycles. The summed E-state index contributed by atoms with van der Waals surface area (Å²) in [4.78, 5) is 12.0. The Kier molecular flexibility index (Phi) is 13.4. The van der Waals surface area contributed by atoms with Gasteiger partial charge in [-0.2, -0.15) is 0 Å². The number of carbonyl (C=O) groups excluding carboxylic acids is 1. The van der Waals surface area contributed by atoms with Crippen molar-refractivity contribution in [2.75, 3.05) is 19.4 Å². The number of hydrogen-bond acceptors (Lipinski definition) is 4. The molecule has 1 rings (SSSR count). The molecule has 4 nitrogen and oxygen atoms in total. The van der Waals surface area contributed by atoms with E-state index < -0.39 is 7.60 Å². The Balaban J connectivity index is 1.94. The standard InChI is InChI=1S/C22H37O4P/c1-3-25-27(24,26-4-2)20-16-11-9-7-5-6-8-10-15-19-22(23)21-17-13-12-14-18-21/h12-14,17-18H,3-11,15-16,19-20H2,1-2H3. The summed E-state index contributed by atoms with van der Waals surface area (Å²) in [5.74, 6) is 0.256. The van der Waals surface area contributed by atoms with Crippen molar-refractivity contribution >= 4 is 13.4 Å². The molecule has 0 radical (unpaired) electrons. The van der Waals surface area contributed by atoms with Crippen LogP contribution in [-0.4, -0.2) is 25.2 Å². The predicted octanol–water partition coefficient (Wildman–Crippen LogP) is 7.04. The van der Waals surface area contributed by atoms with Crippen LogP contribution in [0.2, 0.25) is 0 Å². The van der Waals surface area contributed by atoms with Gasteiger partial charge in [-0.05, 0) is 26.7 Å². The molecule has 27 heavy (non-hydrogen) atoms. The molecule has 0 unspecified atom stereocenters. The van der Waals surface area contributed by atoms with E-state index in [2.05, 4.69) is 0 Å². The molecular formula is C22H37O4P. The minimum Gasteiger partial charge on any atom is -0.309 e. The van der Waals surface area contributed by atoms with Gasteiger partial charge in [0.25, 0.3) is 0 Å². The van der Waals surface area contributed by atoms with Gasteiger partial charge in [-0.3, -0.25) is 9.36 Å². The van der Waals surface area contributed by atoms with E-state index in [1.54, 1.807) is 0 Å². The summed E-state index contributed by atoms with van der Waals surface area (Å²) in [7, 11) is -2.85. The van der Waals surface area contributed by atoms with Crippen molar-refractivity contribution in [1.82, 2.24) is 0 Å². The molecule has 0 bridgehead atoms. The Morgan fingerprint density at radius 2 is 1.26 bits per heavy atom. The van der Waals surface area contributed by atoms with Crippen molar-refractivity contribution in [3.8, 4) is 0 Å². The maximum absolute atomic E-state index is 12.3. The second kappa shape index (κ2) is 15.0. The highest BCUT2D eigenvalue weighted by molar-refractivity contribution is 7.53. The number of hydrogen-bond donors (Lipinski definition) is 0. The minimum absolute atomic E-state index is 0.256. The zero-order chi connectivity index (χ0) is 19.8. The van der Waals surface area contributed by atoms with Crippen molar-refractivity contribution in [2.24, 2.45) is 0 Å². The monoisotopic (exact) mass is 396 g/mol. The topological polar surface area (TPSA) is 52.6 Å². The first-order chi connectivity index (χ1) is 13.1. The van der Waals surface area contributed by atoms with Crippen molar-refractivity contribution in [3.05, 3.63) is 35.9 Å². The average molecular weight is 397 g/mol. The third-order valence-electron chi connectivity index (χ3n) is 4.58. The Hall–Kier alpha value is -0.960. The van der Waals surface area contributed by atoms with Crippen LogP contribution in [0.3, 0.4) is 0 Å². The lowest BCUT2D eigenvalue weighted by atomic mass is 10.0. The van der Waals surface area contributed by atoms with Crippen LogP contribution < -0.4 is 0 Å². The summed E-state index contributed by atoms with van der Waals surface area (Å²) in [5, 5.41) is 0. The quantitative estimate of drug-likeness (QED) is 0.161. The molecule has 0 spiro atoms. The van der Waals surface area contributed by atoms with Crippen molar-refractivity contribution in [3.63, 3.8) is 0 Å². The Labute approximate surface area is 165 Å². The minimum atomic E-state index is -2.85. The van der Waals surface area contributed by atoms with Crippen LogP contribution in [0.4, 0.5) is 0 Å². The summed E-state index contributed by atoms with van der Waals surface area (Å²) < 4.78 is 22.9. The van der Waals surface area contributed by atoms with Gasteiger partial charge in [0.2, 0.25) is 0 Å². The van der Waals surface area contributed by atoms with Gasteiger partial charge in [0.1, 0.15) is 0 Å². The zero-order valence-electron chi connectivity index (χ0n) is 17.2. The second-order valence-electron chi connectivity index (χ2n) is 6.89. The van der Waals surface area contributed by atoms with Crippen LogP contribution in [0.5, 0.6) is 0 Å². The van der Waals surface area contributed by atoms with E-state index >= 15 is 0 Å². The molecule has 0 atom stereocenters. The summed E-state index contributed by atoms with van der Waals surface area (Å²) >= 11 is 0. The zero-order valence-corrected chi connectivity index (χ0v) is 18.1. The van der Waals surface area contributed by atoms with E-state index in [1.165, 1.54) is 32.1 Å². The molecule has 0 saturated carbocycles. The second-order valence-corrected chi connectivity index (χ2v) is 9.08. The SMILES string of the molecule is CCOP(=O)(CCCCCCCCCCCC(=O)c1ccccc1)OCC. The van der Waals surface area contributed by atoms with E-state index in [9.17, 15) is 9.36 Å². The molecule has 0 amide bonds. The van der Waals surface area contributed by atoms with Crippen LogP contribution >= 0.6 is 7.60 Å². The molecule has 0 saturated heterocycles. The Morgan fingerprint density at radius 1 is 0.778 bits per heavy atom. The normalized spacial score (nSPS) is 11.6. The van der Waals surface area contributed by atoms with E-state index in [0.717, 1.165) is 31.2 Å². The lowest BCUT2D eigenvalue weighted by Crippen LogP contribution is -2.00. The number of benzene rings is 1. The molecule has 154 valence electrons. The van der Waals surface area contributed by atoms with Crippen LogP contribution in [0.1, 0.15) is 88.4 Å². The predicted molar refractivity (Wildman–Crippen MR) is 113 cm³/mol. The summed E-state index contributed by atoms with van der Waals surface area (Å²) in [6, 6.07) is 9.56. The maximum Gasteiger partial charge on any atom is 0.330 e. The lowest BCUT2D eigenvalue weighted by molar-refractivity contribution is 0.0979. The molecule has 0 aliphatic rings. The Morgan fingerprint density at radius 3 is 1.78 bits per heavy atom. The fourth-order valence-corrected chi connectivity index (χ4v) is 4.89. The summed E-state index contributed by atoms with van der Waals surface area (Å²) in [6.45, 7) is 4.58. The first-order valence-corrected chi connectivity index (χ1v) is 12.3. The molecule has 0 aliphatic heterocycles. The van der Waals surface area contributed by atoms with Gasteiger partial charge in [-0.15, -0.1) is 0 Å². The van der Waals surface area contributed by atoms with Gasteiger partial charge < -0.3 is 9.05 Å². The number of Topliss-reactive ketones (excluding diaryl/α,β-unsaturated/α-hetero) is 1. The van der Waals surface area contributed by atoms with Gasteiger partial charge in [0, 0.05) is 12.0 Å².